The molecule has 45 heavy (non-hydrogen) atoms. The monoisotopic (exact) mass is 612 g/mol. The van der Waals surface area contributed by atoms with E-state index in [0.717, 1.165) is 51.9 Å². The van der Waals surface area contributed by atoms with E-state index in [-0.39, 0.29) is 24.5 Å². The molecule has 1 saturated heterocycles. The highest BCUT2D eigenvalue weighted by Crippen LogP contribution is 2.34. The van der Waals surface area contributed by atoms with Crippen LogP contribution < -0.4 is 15.1 Å². The fraction of sp³-hybridized carbons (Fsp3) is 0.371. The predicted molar refractivity (Wildman–Crippen MR) is 175 cm³/mol. The predicted octanol–water partition coefficient (Wildman–Crippen LogP) is 4.45. The SMILES string of the molecule is C[C@@H](c1c[nH]c2ccccc12)[C@@H](NC(=O)N1CCN(c2ccc(F)cc2CO)CC1)C(=O)N1CCc2ccc(CN(C)C)cc21. The molecule has 236 valence electrons. The van der Waals surface area contributed by atoms with Crippen LogP contribution in [0, 0.1) is 5.82 Å². The first-order valence-corrected chi connectivity index (χ1v) is 15.6. The molecule has 0 bridgehead atoms. The molecule has 0 spiro atoms. The van der Waals surface area contributed by atoms with Crippen molar-refractivity contribution in [2.75, 3.05) is 56.6 Å². The summed E-state index contributed by atoms with van der Waals surface area (Å²) in [6, 6.07) is 17.6. The number of para-hydroxylation sites is 1. The van der Waals surface area contributed by atoms with E-state index in [9.17, 15) is 19.1 Å². The number of nitrogens with one attached hydrogen (secondary N) is 2. The van der Waals surface area contributed by atoms with E-state index in [1.54, 1.807) is 11.0 Å². The molecule has 1 aromatic heterocycles. The van der Waals surface area contributed by atoms with Crippen molar-refractivity contribution in [2.45, 2.75) is 38.5 Å². The molecule has 9 nitrogen and oxygen atoms in total. The molecule has 6 rings (SSSR count). The number of rotatable bonds is 8. The van der Waals surface area contributed by atoms with Gasteiger partial charge in [0, 0.05) is 79.2 Å². The number of carbonyl (C=O) groups excluding carboxylic acids is 2. The summed E-state index contributed by atoms with van der Waals surface area (Å²) in [5.74, 6) is -0.825. The molecule has 0 saturated carbocycles. The maximum absolute atomic E-state index is 14.5. The van der Waals surface area contributed by atoms with Crippen LogP contribution in [-0.2, 0) is 24.4 Å². The number of fused-ring (bicyclic) bond motifs is 2. The number of aromatic amines is 1. The Balaban J connectivity index is 1.24. The average molecular weight is 613 g/mol. The first-order valence-electron chi connectivity index (χ1n) is 15.6. The van der Waals surface area contributed by atoms with E-state index in [4.69, 9.17) is 0 Å². The number of anilines is 2. The highest BCUT2D eigenvalue weighted by Gasteiger charge is 2.37. The van der Waals surface area contributed by atoms with Gasteiger partial charge in [-0.25, -0.2) is 9.18 Å². The topological polar surface area (TPSA) is 95.2 Å². The number of halogens is 1. The molecule has 2 atom stereocenters. The number of hydrogen-bond acceptors (Lipinski definition) is 5. The van der Waals surface area contributed by atoms with Crippen LogP contribution in [-0.4, -0.2) is 84.7 Å². The Morgan fingerprint density at radius 1 is 1.00 bits per heavy atom. The van der Waals surface area contributed by atoms with Gasteiger partial charge in [0.05, 0.1) is 6.61 Å². The maximum Gasteiger partial charge on any atom is 0.318 e. The number of H-pyrrole nitrogens is 1. The highest BCUT2D eigenvalue weighted by molar-refractivity contribution is 6.02. The van der Waals surface area contributed by atoms with E-state index < -0.39 is 11.9 Å². The van der Waals surface area contributed by atoms with Crippen molar-refractivity contribution in [1.82, 2.24) is 20.1 Å². The zero-order chi connectivity index (χ0) is 31.7. The van der Waals surface area contributed by atoms with Gasteiger partial charge in [-0.1, -0.05) is 37.3 Å². The molecule has 0 radical (unpaired) electrons. The third-order valence-corrected chi connectivity index (χ3v) is 9.09. The largest absolute Gasteiger partial charge is 0.392 e. The molecular weight excluding hydrogens is 571 g/mol. The third kappa shape index (κ3) is 6.25. The molecule has 3 aromatic carbocycles. The summed E-state index contributed by atoms with van der Waals surface area (Å²) < 4.78 is 13.7. The number of urea groups is 1. The number of benzene rings is 3. The summed E-state index contributed by atoms with van der Waals surface area (Å²) in [6.07, 6.45) is 2.71. The van der Waals surface area contributed by atoms with Gasteiger partial charge in [-0.2, -0.15) is 0 Å². The fourth-order valence-corrected chi connectivity index (χ4v) is 6.70. The number of carbonyl (C=O) groups is 2. The lowest BCUT2D eigenvalue weighted by atomic mass is 9.91. The van der Waals surface area contributed by atoms with Crippen LogP contribution in [0.1, 0.15) is 35.1 Å². The van der Waals surface area contributed by atoms with Gasteiger partial charge in [0.2, 0.25) is 5.91 Å². The van der Waals surface area contributed by atoms with Crippen molar-refractivity contribution in [1.29, 1.82) is 0 Å². The molecule has 3 amide bonds. The van der Waals surface area contributed by atoms with Gasteiger partial charge in [0.25, 0.3) is 0 Å². The lowest BCUT2D eigenvalue weighted by molar-refractivity contribution is -0.120. The van der Waals surface area contributed by atoms with Crippen LogP contribution in [0.25, 0.3) is 10.9 Å². The Morgan fingerprint density at radius 2 is 1.78 bits per heavy atom. The van der Waals surface area contributed by atoms with Crippen molar-refractivity contribution in [2.24, 2.45) is 0 Å². The van der Waals surface area contributed by atoms with E-state index in [0.29, 0.717) is 38.3 Å². The summed E-state index contributed by atoms with van der Waals surface area (Å²) in [5, 5.41) is 13.9. The molecular formula is C35H41FN6O3. The zero-order valence-corrected chi connectivity index (χ0v) is 26.1. The van der Waals surface area contributed by atoms with Crippen LogP contribution in [0.15, 0.2) is 66.9 Å². The van der Waals surface area contributed by atoms with Crippen molar-refractivity contribution in [3.8, 4) is 0 Å². The Labute approximate surface area is 263 Å². The minimum absolute atomic E-state index is 0.126. The maximum atomic E-state index is 14.5. The van der Waals surface area contributed by atoms with Crippen LogP contribution >= 0.6 is 0 Å². The van der Waals surface area contributed by atoms with E-state index >= 15 is 0 Å². The normalized spacial score (nSPS) is 16.3. The van der Waals surface area contributed by atoms with Gasteiger partial charge in [-0.15, -0.1) is 0 Å². The van der Waals surface area contributed by atoms with Crippen LogP contribution in [0.4, 0.5) is 20.6 Å². The molecule has 3 heterocycles. The van der Waals surface area contributed by atoms with Crippen molar-refractivity contribution in [3.63, 3.8) is 0 Å². The van der Waals surface area contributed by atoms with Gasteiger partial charge >= 0.3 is 6.03 Å². The van der Waals surface area contributed by atoms with Crippen LogP contribution in [0.5, 0.6) is 0 Å². The van der Waals surface area contributed by atoms with Gasteiger partial charge in [0.15, 0.2) is 0 Å². The Morgan fingerprint density at radius 3 is 2.53 bits per heavy atom. The molecule has 0 unspecified atom stereocenters. The molecule has 2 aliphatic heterocycles. The van der Waals surface area contributed by atoms with Crippen molar-refractivity contribution >= 4 is 34.2 Å². The molecule has 2 aliphatic rings. The zero-order valence-electron chi connectivity index (χ0n) is 26.1. The lowest BCUT2D eigenvalue weighted by Crippen LogP contribution is -2.57. The number of hydrogen-bond donors (Lipinski definition) is 3. The molecule has 4 aromatic rings. The number of aliphatic hydroxyl groups excluding tert-OH is 1. The molecule has 3 N–H and O–H groups in total. The smallest absolute Gasteiger partial charge is 0.318 e. The Hall–Kier alpha value is -4.41. The number of nitrogens with zero attached hydrogens (tertiary/aromatic N) is 4. The van der Waals surface area contributed by atoms with Gasteiger partial charge < -0.3 is 35.0 Å². The van der Waals surface area contributed by atoms with E-state index in [1.165, 1.54) is 12.1 Å². The van der Waals surface area contributed by atoms with Crippen LogP contribution in [0.3, 0.4) is 0 Å². The van der Waals surface area contributed by atoms with Crippen molar-refractivity contribution < 1.29 is 19.1 Å². The number of amides is 3. The first-order chi connectivity index (χ1) is 21.7. The second kappa shape index (κ2) is 12.9. The van der Waals surface area contributed by atoms with Gasteiger partial charge in [-0.05, 0) is 67.5 Å². The third-order valence-electron chi connectivity index (χ3n) is 9.09. The minimum Gasteiger partial charge on any atom is -0.392 e. The molecule has 0 aliphatic carbocycles. The van der Waals surface area contributed by atoms with Gasteiger partial charge in [-0.3, -0.25) is 4.79 Å². The second-order valence-electron chi connectivity index (χ2n) is 12.4. The average Bonchev–Trinajstić information content (AvgIpc) is 3.67. The number of piperazine rings is 1. The summed E-state index contributed by atoms with van der Waals surface area (Å²) in [6.45, 7) is 4.98. The minimum atomic E-state index is -0.795. The Bertz CT molecular complexity index is 1700. The standard InChI is InChI=1S/C35H41FN6O3/c1-23(29-20-37-30-7-5-4-6-28(29)30)33(34(44)42-13-12-25-9-8-24(18-32(25)42)21-39(2)3)38-35(45)41-16-14-40(15-17-41)31-11-10-27(36)19-26(31)22-43/h4-11,18-20,23,33,37,43H,12-17,21-22H2,1-3H3,(H,38,45)/t23-,33+/m0/s1. The number of aromatic nitrogens is 1. The van der Waals surface area contributed by atoms with Gasteiger partial charge in [0.1, 0.15) is 11.9 Å². The Kier molecular flexibility index (Phi) is 8.78. The summed E-state index contributed by atoms with van der Waals surface area (Å²) in [5.41, 5.74) is 6.42. The molecule has 10 heteroatoms. The number of aliphatic hydroxyl groups is 1. The summed E-state index contributed by atoms with van der Waals surface area (Å²) >= 11 is 0. The van der Waals surface area contributed by atoms with Crippen LogP contribution in [0.2, 0.25) is 0 Å². The lowest BCUT2D eigenvalue weighted by Gasteiger charge is -2.38. The van der Waals surface area contributed by atoms with E-state index in [1.807, 2.05) is 56.4 Å². The quantitative estimate of drug-likeness (QED) is 0.273. The summed E-state index contributed by atoms with van der Waals surface area (Å²) in [7, 11) is 4.05. The van der Waals surface area contributed by atoms with E-state index in [2.05, 4.69) is 38.3 Å². The first kappa shape index (κ1) is 30.6. The summed E-state index contributed by atoms with van der Waals surface area (Å²) in [4.78, 5) is 39.3. The molecule has 1 fully saturated rings. The van der Waals surface area contributed by atoms with Crippen molar-refractivity contribution in [3.05, 3.63) is 94.9 Å². The second-order valence-corrected chi connectivity index (χ2v) is 12.4. The fourth-order valence-electron chi connectivity index (χ4n) is 6.70. The highest BCUT2D eigenvalue weighted by atomic mass is 19.1.